The van der Waals surface area contributed by atoms with Gasteiger partial charge in [-0.15, -0.1) is 16.6 Å². The van der Waals surface area contributed by atoms with E-state index >= 15 is 0 Å². The molecule has 0 radical (unpaired) electrons. The van der Waals surface area contributed by atoms with Gasteiger partial charge in [0.1, 0.15) is 4.90 Å². The van der Waals surface area contributed by atoms with Crippen LogP contribution >= 0.6 is 0 Å². The van der Waals surface area contributed by atoms with E-state index < -0.39 is 16.0 Å². The van der Waals surface area contributed by atoms with Gasteiger partial charge in [-0.2, -0.15) is 4.31 Å². The maximum Gasteiger partial charge on any atom is 0.359 e. The van der Waals surface area contributed by atoms with Gasteiger partial charge < -0.3 is 19.6 Å². The molecular formula is C23H27N5O5S. The fourth-order valence-electron chi connectivity index (χ4n) is 4.12. The number of para-hydroxylation sites is 1. The predicted molar refractivity (Wildman–Crippen MR) is 126 cm³/mol. The van der Waals surface area contributed by atoms with Crippen LogP contribution in [0.25, 0.3) is 0 Å². The molecule has 0 unspecified atom stereocenters. The van der Waals surface area contributed by atoms with E-state index in [0.717, 1.165) is 0 Å². The Morgan fingerprint density at radius 1 is 1.03 bits per heavy atom. The molecule has 2 aliphatic heterocycles. The zero-order valence-corrected chi connectivity index (χ0v) is 19.5. The van der Waals surface area contributed by atoms with Gasteiger partial charge in [-0.1, -0.05) is 18.1 Å². The van der Waals surface area contributed by atoms with E-state index in [9.17, 15) is 18.3 Å². The van der Waals surface area contributed by atoms with E-state index in [-0.39, 0.29) is 23.3 Å². The van der Waals surface area contributed by atoms with Gasteiger partial charge in [0, 0.05) is 39.3 Å². The molecule has 1 aromatic carbocycles. The molecule has 0 aliphatic carbocycles. The third-order valence-corrected chi connectivity index (χ3v) is 7.94. The number of ether oxygens (including phenoxy) is 1. The minimum Gasteiger partial charge on any atom is -0.448 e. The number of rotatable bonds is 6. The van der Waals surface area contributed by atoms with E-state index in [4.69, 9.17) is 11.2 Å². The zero-order valence-electron chi connectivity index (χ0n) is 18.7. The van der Waals surface area contributed by atoms with Gasteiger partial charge in [-0.3, -0.25) is 0 Å². The molecule has 1 aromatic heterocycles. The first kappa shape index (κ1) is 23.9. The summed E-state index contributed by atoms with van der Waals surface area (Å²) in [5, 5.41) is 17.8. The van der Waals surface area contributed by atoms with Crippen molar-refractivity contribution >= 4 is 27.5 Å². The average Bonchev–Trinajstić information content (AvgIpc) is 2.88. The predicted octanol–water partition coefficient (Wildman–Crippen LogP) is 0.739. The van der Waals surface area contributed by atoms with Gasteiger partial charge in [0.15, 0.2) is 18.1 Å². The first-order chi connectivity index (χ1) is 16.4. The second-order valence-corrected chi connectivity index (χ2v) is 10.0. The molecule has 34 heavy (non-hydrogen) atoms. The zero-order chi connectivity index (χ0) is 24.1. The van der Waals surface area contributed by atoms with Gasteiger partial charge in [-0.05, 0) is 37.1 Å². The van der Waals surface area contributed by atoms with Crippen LogP contribution in [0.15, 0.2) is 41.3 Å². The molecule has 1 N–H and O–H groups in total. The molecule has 2 aliphatic rings. The summed E-state index contributed by atoms with van der Waals surface area (Å²) in [5.41, 5.74) is 0.733. The minimum absolute atomic E-state index is 0.0575. The number of piperazine rings is 1. The van der Waals surface area contributed by atoms with E-state index in [0.29, 0.717) is 63.6 Å². The SMILES string of the molecule is C#CCOC(=O)c1ccc(N2CCN(S(=O)(=O)c3ccccc3N3CCC(O)CC3)CC2)nn1. The van der Waals surface area contributed by atoms with Crippen molar-refractivity contribution in [1.82, 2.24) is 14.5 Å². The van der Waals surface area contributed by atoms with Crippen molar-refractivity contribution in [2.24, 2.45) is 0 Å². The highest BCUT2D eigenvalue weighted by molar-refractivity contribution is 7.89. The number of esters is 1. The fourth-order valence-corrected chi connectivity index (χ4v) is 5.76. The number of hydrogen-bond donors (Lipinski definition) is 1. The topological polar surface area (TPSA) is 116 Å². The van der Waals surface area contributed by atoms with Crippen molar-refractivity contribution in [1.29, 1.82) is 0 Å². The third kappa shape index (κ3) is 5.14. The fraction of sp³-hybridized carbons (Fsp3) is 0.435. The molecule has 11 heteroatoms. The number of aliphatic hydroxyl groups is 1. The Bertz CT molecular complexity index is 1150. The summed E-state index contributed by atoms with van der Waals surface area (Å²) in [6.07, 6.45) is 5.98. The maximum absolute atomic E-state index is 13.5. The van der Waals surface area contributed by atoms with Gasteiger partial charge in [0.05, 0.1) is 11.8 Å². The summed E-state index contributed by atoms with van der Waals surface area (Å²) in [4.78, 5) is 16.1. The third-order valence-electron chi connectivity index (χ3n) is 6.00. The number of terminal acetylenes is 1. The summed E-state index contributed by atoms with van der Waals surface area (Å²) in [5.74, 6) is 2.13. The number of aliphatic hydroxyl groups excluding tert-OH is 1. The van der Waals surface area contributed by atoms with Crippen LogP contribution in [0.5, 0.6) is 0 Å². The molecule has 10 nitrogen and oxygen atoms in total. The number of piperidine rings is 1. The van der Waals surface area contributed by atoms with Gasteiger partial charge in [0.2, 0.25) is 10.0 Å². The minimum atomic E-state index is -3.70. The Kier molecular flexibility index (Phi) is 7.31. The molecule has 2 saturated heterocycles. The highest BCUT2D eigenvalue weighted by Gasteiger charge is 2.32. The summed E-state index contributed by atoms with van der Waals surface area (Å²) < 4.78 is 33.3. The summed E-state index contributed by atoms with van der Waals surface area (Å²) in [6, 6.07) is 10.2. The van der Waals surface area contributed by atoms with Gasteiger partial charge in [0.25, 0.3) is 0 Å². The van der Waals surface area contributed by atoms with Gasteiger partial charge >= 0.3 is 5.97 Å². The normalized spacial score (nSPS) is 17.9. The van der Waals surface area contributed by atoms with Crippen LogP contribution in [0, 0.1) is 12.3 Å². The van der Waals surface area contributed by atoms with Crippen LogP contribution in [0.1, 0.15) is 23.3 Å². The van der Waals surface area contributed by atoms with Crippen LogP contribution in [-0.4, -0.2) is 86.0 Å². The Balaban J connectivity index is 1.42. The largest absolute Gasteiger partial charge is 0.448 e. The first-order valence-corrected chi connectivity index (χ1v) is 12.6. The Labute approximate surface area is 199 Å². The Morgan fingerprint density at radius 3 is 2.38 bits per heavy atom. The highest BCUT2D eigenvalue weighted by Crippen LogP contribution is 2.30. The molecular weight excluding hydrogens is 458 g/mol. The van der Waals surface area contributed by atoms with E-state index in [1.807, 2.05) is 21.9 Å². The van der Waals surface area contributed by atoms with Crippen molar-refractivity contribution < 1.29 is 23.1 Å². The van der Waals surface area contributed by atoms with E-state index in [1.54, 1.807) is 18.2 Å². The monoisotopic (exact) mass is 485 g/mol. The molecule has 0 saturated carbocycles. The number of anilines is 2. The average molecular weight is 486 g/mol. The van der Waals surface area contributed by atoms with Crippen LogP contribution in [0.4, 0.5) is 11.5 Å². The first-order valence-electron chi connectivity index (χ1n) is 11.1. The van der Waals surface area contributed by atoms with Crippen molar-refractivity contribution in [3.05, 3.63) is 42.1 Å². The highest BCUT2D eigenvalue weighted by atomic mass is 32.2. The van der Waals surface area contributed by atoms with Crippen molar-refractivity contribution in [2.45, 2.75) is 23.8 Å². The van der Waals surface area contributed by atoms with Crippen LogP contribution in [-0.2, 0) is 14.8 Å². The van der Waals surface area contributed by atoms with Gasteiger partial charge in [-0.25, -0.2) is 13.2 Å². The molecule has 0 spiro atoms. The molecule has 0 atom stereocenters. The molecule has 4 rings (SSSR count). The van der Waals surface area contributed by atoms with Crippen LogP contribution < -0.4 is 9.80 Å². The number of carbonyl (C=O) groups is 1. The van der Waals surface area contributed by atoms with Crippen molar-refractivity contribution in [3.63, 3.8) is 0 Å². The van der Waals surface area contributed by atoms with E-state index in [1.165, 1.54) is 10.4 Å². The Hall–Kier alpha value is -3.20. The molecule has 180 valence electrons. The second-order valence-electron chi connectivity index (χ2n) is 8.13. The maximum atomic E-state index is 13.5. The number of sulfonamides is 1. The summed E-state index contributed by atoms with van der Waals surface area (Å²) >= 11 is 0. The van der Waals surface area contributed by atoms with Crippen molar-refractivity contribution in [2.75, 3.05) is 55.7 Å². The standard InChI is InChI=1S/C23H27N5O5S/c1-2-17-33-23(30)19-7-8-22(25-24-19)27-13-15-28(16-14-27)34(31,32)21-6-4-3-5-20(21)26-11-9-18(29)10-12-26/h1,3-8,18,29H,9-17H2. The van der Waals surface area contributed by atoms with Crippen LogP contribution in [0.2, 0.25) is 0 Å². The Morgan fingerprint density at radius 2 is 1.74 bits per heavy atom. The summed E-state index contributed by atoms with van der Waals surface area (Å²) in [6.45, 7) is 2.56. The number of hydrogen-bond acceptors (Lipinski definition) is 9. The smallest absolute Gasteiger partial charge is 0.359 e. The molecule has 3 heterocycles. The number of nitrogens with zero attached hydrogens (tertiary/aromatic N) is 5. The molecule has 2 fully saturated rings. The lowest BCUT2D eigenvalue weighted by Gasteiger charge is -2.36. The summed E-state index contributed by atoms with van der Waals surface area (Å²) in [7, 11) is -3.70. The number of carbonyl (C=O) groups excluding carboxylic acids is 1. The number of aromatic nitrogens is 2. The van der Waals surface area contributed by atoms with Crippen molar-refractivity contribution in [3.8, 4) is 12.3 Å². The van der Waals surface area contributed by atoms with E-state index in [2.05, 4.69) is 16.1 Å². The molecule has 0 amide bonds. The lowest BCUT2D eigenvalue weighted by atomic mass is 10.1. The molecule has 2 aromatic rings. The number of benzene rings is 1. The molecule has 0 bridgehead atoms. The lowest BCUT2D eigenvalue weighted by Crippen LogP contribution is -2.49. The second kappa shape index (κ2) is 10.4. The lowest BCUT2D eigenvalue weighted by molar-refractivity contribution is 0.0548. The van der Waals surface area contributed by atoms with Crippen LogP contribution in [0.3, 0.4) is 0 Å². The quantitative estimate of drug-likeness (QED) is 0.467.